The van der Waals surface area contributed by atoms with E-state index >= 15 is 0 Å². The second-order valence-corrected chi connectivity index (χ2v) is 7.77. The Labute approximate surface area is 165 Å². The molecule has 0 fully saturated rings. The number of methoxy groups -OCH3 is 2. The van der Waals surface area contributed by atoms with Gasteiger partial charge in [0.15, 0.2) is 5.41 Å². The van der Waals surface area contributed by atoms with E-state index in [1.54, 1.807) is 39.0 Å². The highest BCUT2D eigenvalue weighted by atomic mass is 16.6. The lowest BCUT2D eigenvalue weighted by atomic mass is 9.71. The minimum Gasteiger partial charge on any atom is -0.468 e. The summed E-state index contributed by atoms with van der Waals surface area (Å²) in [6, 6.07) is 4.47. The first-order valence-corrected chi connectivity index (χ1v) is 8.94. The van der Waals surface area contributed by atoms with Crippen LogP contribution in [0.3, 0.4) is 0 Å². The van der Waals surface area contributed by atoms with Gasteiger partial charge in [0.05, 0.1) is 25.9 Å². The molecule has 1 unspecified atom stereocenters. The fourth-order valence-electron chi connectivity index (χ4n) is 3.45. The van der Waals surface area contributed by atoms with Gasteiger partial charge in [-0.3, -0.25) is 14.5 Å². The predicted octanol–water partition coefficient (Wildman–Crippen LogP) is 3.28. The summed E-state index contributed by atoms with van der Waals surface area (Å²) in [5, 5.41) is 0. The Hall–Kier alpha value is -2.83. The fraction of sp³-hybridized carbons (Fsp3) is 0.476. The van der Waals surface area contributed by atoms with Crippen LogP contribution in [0.1, 0.15) is 38.3 Å². The van der Waals surface area contributed by atoms with Gasteiger partial charge in [-0.2, -0.15) is 0 Å². The lowest BCUT2D eigenvalue weighted by molar-refractivity contribution is -0.162. The SMILES string of the molecule is C=CC1CC(C(=O)OC)(C(=O)OC)c2ccc(C)cc2N1C(=O)OC(C)(C)C. The molecule has 152 valence electrons. The number of hydrogen-bond donors (Lipinski definition) is 0. The van der Waals surface area contributed by atoms with E-state index in [1.165, 1.54) is 25.2 Å². The molecule has 0 saturated carbocycles. The first kappa shape index (κ1) is 21.5. The van der Waals surface area contributed by atoms with Gasteiger partial charge >= 0.3 is 18.0 Å². The van der Waals surface area contributed by atoms with Gasteiger partial charge < -0.3 is 14.2 Å². The first-order chi connectivity index (χ1) is 13.0. The van der Waals surface area contributed by atoms with E-state index < -0.39 is 35.1 Å². The summed E-state index contributed by atoms with van der Waals surface area (Å²) in [5.41, 5.74) is -0.849. The second-order valence-electron chi connectivity index (χ2n) is 7.77. The van der Waals surface area contributed by atoms with Crippen LogP contribution in [0.2, 0.25) is 0 Å². The average Bonchev–Trinajstić information content (AvgIpc) is 2.63. The number of anilines is 1. The van der Waals surface area contributed by atoms with Crippen molar-refractivity contribution < 1.29 is 28.6 Å². The van der Waals surface area contributed by atoms with Crippen molar-refractivity contribution in [2.45, 2.75) is 51.2 Å². The van der Waals surface area contributed by atoms with Crippen molar-refractivity contribution in [2.75, 3.05) is 19.1 Å². The molecule has 1 atom stereocenters. The number of nitrogens with zero attached hydrogens (tertiary/aromatic N) is 1. The maximum Gasteiger partial charge on any atom is 0.415 e. The van der Waals surface area contributed by atoms with Crippen molar-refractivity contribution in [2.24, 2.45) is 0 Å². The molecule has 1 aromatic rings. The van der Waals surface area contributed by atoms with Gasteiger partial charge in [0.2, 0.25) is 0 Å². The molecule has 0 saturated heterocycles. The molecule has 0 N–H and O–H groups in total. The van der Waals surface area contributed by atoms with Crippen LogP contribution in [0.15, 0.2) is 30.9 Å². The van der Waals surface area contributed by atoms with E-state index in [0.717, 1.165) is 5.56 Å². The van der Waals surface area contributed by atoms with Gasteiger partial charge in [0.25, 0.3) is 0 Å². The Morgan fingerprint density at radius 1 is 1.18 bits per heavy atom. The number of esters is 2. The number of carbonyl (C=O) groups is 3. The van der Waals surface area contributed by atoms with E-state index in [-0.39, 0.29) is 6.42 Å². The van der Waals surface area contributed by atoms with Gasteiger partial charge in [-0.15, -0.1) is 6.58 Å². The van der Waals surface area contributed by atoms with Crippen molar-refractivity contribution >= 4 is 23.7 Å². The zero-order chi connectivity index (χ0) is 21.3. The van der Waals surface area contributed by atoms with E-state index in [1.807, 2.05) is 6.92 Å². The molecule has 0 bridgehead atoms. The maximum atomic E-state index is 13.0. The van der Waals surface area contributed by atoms with Crippen LogP contribution in [-0.2, 0) is 29.2 Å². The van der Waals surface area contributed by atoms with Crippen LogP contribution in [0, 0.1) is 6.92 Å². The number of fused-ring (bicyclic) bond motifs is 1. The monoisotopic (exact) mass is 389 g/mol. The molecule has 0 aromatic heterocycles. The van der Waals surface area contributed by atoms with E-state index in [9.17, 15) is 14.4 Å². The molecule has 0 radical (unpaired) electrons. The Bertz CT molecular complexity index is 792. The molecular formula is C21H27NO6. The zero-order valence-corrected chi connectivity index (χ0v) is 17.2. The van der Waals surface area contributed by atoms with Crippen molar-refractivity contribution in [3.8, 4) is 0 Å². The topological polar surface area (TPSA) is 82.1 Å². The van der Waals surface area contributed by atoms with Crippen LogP contribution in [0.4, 0.5) is 10.5 Å². The minimum absolute atomic E-state index is 0.0643. The molecule has 1 amide bonds. The smallest absolute Gasteiger partial charge is 0.415 e. The predicted molar refractivity (Wildman–Crippen MR) is 104 cm³/mol. The summed E-state index contributed by atoms with van der Waals surface area (Å²) in [5.74, 6) is -1.50. The van der Waals surface area contributed by atoms with Gasteiger partial charge in [-0.25, -0.2) is 4.79 Å². The Morgan fingerprint density at radius 3 is 2.21 bits per heavy atom. The van der Waals surface area contributed by atoms with Crippen LogP contribution < -0.4 is 4.90 Å². The molecule has 1 aliphatic heterocycles. The van der Waals surface area contributed by atoms with Gasteiger partial charge in [-0.1, -0.05) is 18.2 Å². The highest BCUT2D eigenvalue weighted by Crippen LogP contribution is 2.45. The van der Waals surface area contributed by atoms with E-state index in [0.29, 0.717) is 11.3 Å². The lowest BCUT2D eigenvalue weighted by Crippen LogP contribution is -2.57. The molecule has 2 rings (SSSR count). The van der Waals surface area contributed by atoms with Crippen molar-refractivity contribution in [3.05, 3.63) is 42.0 Å². The normalized spacial score (nSPS) is 17.9. The van der Waals surface area contributed by atoms with E-state index in [2.05, 4.69) is 6.58 Å². The molecule has 0 aliphatic carbocycles. The molecule has 7 nitrogen and oxygen atoms in total. The Balaban J connectivity index is 2.77. The van der Waals surface area contributed by atoms with E-state index in [4.69, 9.17) is 14.2 Å². The summed E-state index contributed by atoms with van der Waals surface area (Å²) in [6.45, 7) is 10.9. The van der Waals surface area contributed by atoms with Gasteiger partial charge in [-0.05, 0) is 39.3 Å². The summed E-state index contributed by atoms with van der Waals surface area (Å²) in [4.78, 5) is 40.0. The van der Waals surface area contributed by atoms with Gasteiger partial charge in [0, 0.05) is 12.0 Å². The molecule has 0 spiro atoms. The van der Waals surface area contributed by atoms with Crippen LogP contribution in [0.5, 0.6) is 0 Å². The largest absolute Gasteiger partial charge is 0.468 e. The number of carbonyl (C=O) groups excluding carboxylic acids is 3. The summed E-state index contributed by atoms with van der Waals surface area (Å²) in [6.07, 6.45) is 0.855. The average molecular weight is 389 g/mol. The first-order valence-electron chi connectivity index (χ1n) is 8.94. The highest BCUT2D eigenvalue weighted by molar-refractivity contribution is 6.10. The fourth-order valence-corrected chi connectivity index (χ4v) is 3.45. The third-order valence-corrected chi connectivity index (χ3v) is 4.65. The third-order valence-electron chi connectivity index (χ3n) is 4.65. The minimum atomic E-state index is -1.70. The second kappa shape index (κ2) is 7.66. The Morgan fingerprint density at radius 2 is 1.75 bits per heavy atom. The van der Waals surface area contributed by atoms with Crippen LogP contribution in [-0.4, -0.2) is 43.9 Å². The van der Waals surface area contributed by atoms with Gasteiger partial charge in [0.1, 0.15) is 5.60 Å². The van der Waals surface area contributed by atoms with Crippen molar-refractivity contribution in [3.63, 3.8) is 0 Å². The highest BCUT2D eigenvalue weighted by Gasteiger charge is 2.57. The van der Waals surface area contributed by atoms with Crippen molar-refractivity contribution in [1.82, 2.24) is 0 Å². The Kier molecular flexibility index (Phi) is 5.87. The molecule has 1 aliphatic rings. The quantitative estimate of drug-likeness (QED) is 0.341. The summed E-state index contributed by atoms with van der Waals surface area (Å²) < 4.78 is 15.5. The molecule has 7 heteroatoms. The summed E-state index contributed by atoms with van der Waals surface area (Å²) in [7, 11) is 2.42. The lowest BCUT2D eigenvalue weighted by Gasteiger charge is -2.43. The summed E-state index contributed by atoms with van der Waals surface area (Å²) >= 11 is 0. The number of hydrogen-bond acceptors (Lipinski definition) is 6. The third kappa shape index (κ3) is 3.61. The van der Waals surface area contributed by atoms with Crippen molar-refractivity contribution in [1.29, 1.82) is 0 Å². The molecule has 1 aromatic carbocycles. The number of benzene rings is 1. The maximum absolute atomic E-state index is 13.0. The van der Waals surface area contributed by atoms with Crippen LogP contribution in [0.25, 0.3) is 0 Å². The zero-order valence-electron chi connectivity index (χ0n) is 17.2. The molecule has 28 heavy (non-hydrogen) atoms. The molecular weight excluding hydrogens is 362 g/mol. The number of rotatable bonds is 3. The standard InChI is InChI=1S/C21H27NO6/c1-8-14-12-21(17(23)26-6,18(24)27-7)15-10-9-13(2)11-16(15)22(14)19(25)28-20(3,4)5/h8-11,14H,1,12H2,2-7H3. The van der Waals surface area contributed by atoms with Crippen LogP contribution >= 0.6 is 0 Å². The number of ether oxygens (including phenoxy) is 3. The number of aryl methyl sites for hydroxylation is 1. The number of amides is 1. The molecule has 1 heterocycles.